The highest BCUT2D eigenvalue weighted by Crippen LogP contribution is 2.26. The first-order valence-corrected chi connectivity index (χ1v) is 5.99. The van der Waals surface area contributed by atoms with Crippen LogP contribution in [0.25, 0.3) is 16.6 Å². The zero-order valence-corrected chi connectivity index (χ0v) is 10.2. The molecular formula is C15H12N4. The number of para-hydroxylation sites is 1. The standard InChI is InChI=1S/C15H12N4/c16-10-9-11-5-4-8-13-14(11)18-19(15(13)17)12-6-2-1-3-7-12/h1-8H,9,17H2. The third-order valence-corrected chi connectivity index (χ3v) is 3.09. The topological polar surface area (TPSA) is 67.6 Å². The van der Waals surface area contributed by atoms with E-state index in [2.05, 4.69) is 11.2 Å². The van der Waals surface area contributed by atoms with Gasteiger partial charge in [-0.2, -0.15) is 10.4 Å². The van der Waals surface area contributed by atoms with Gasteiger partial charge in [-0.05, 0) is 23.8 Å². The number of nitrogen functional groups attached to an aromatic ring is 1. The van der Waals surface area contributed by atoms with Crippen LogP contribution in [0.1, 0.15) is 5.56 Å². The number of hydrogen-bond acceptors (Lipinski definition) is 3. The van der Waals surface area contributed by atoms with Gasteiger partial charge in [-0.25, -0.2) is 4.68 Å². The second-order valence-corrected chi connectivity index (χ2v) is 4.28. The fraction of sp³-hybridized carbons (Fsp3) is 0.0667. The van der Waals surface area contributed by atoms with Crippen molar-refractivity contribution in [1.82, 2.24) is 9.78 Å². The average Bonchev–Trinajstić information content (AvgIpc) is 2.79. The van der Waals surface area contributed by atoms with Crippen LogP contribution in [0.2, 0.25) is 0 Å². The highest BCUT2D eigenvalue weighted by molar-refractivity contribution is 5.92. The summed E-state index contributed by atoms with van der Waals surface area (Å²) in [6, 6.07) is 17.6. The minimum atomic E-state index is 0.336. The van der Waals surface area contributed by atoms with Gasteiger partial charge in [0, 0.05) is 5.39 Å². The molecule has 0 atom stereocenters. The zero-order valence-electron chi connectivity index (χ0n) is 10.2. The first-order valence-electron chi connectivity index (χ1n) is 5.99. The summed E-state index contributed by atoms with van der Waals surface area (Å²) in [4.78, 5) is 0. The lowest BCUT2D eigenvalue weighted by atomic mass is 10.1. The monoisotopic (exact) mass is 248 g/mol. The van der Waals surface area contributed by atoms with Crippen LogP contribution in [0.15, 0.2) is 48.5 Å². The molecule has 0 spiro atoms. The van der Waals surface area contributed by atoms with Crippen LogP contribution in [-0.2, 0) is 6.42 Å². The van der Waals surface area contributed by atoms with Crippen molar-refractivity contribution in [2.24, 2.45) is 0 Å². The summed E-state index contributed by atoms with van der Waals surface area (Å²) in [5.41, 5.74) is 8.77. The van der Waals surface area contributed by atoms with Crippen LogP contribution >= 0.6 is 0 Å². The van der Waals surface area contributed by atoms with Gasteiger partial charge in [-0.1, -0.05) is 30.3 Å². The summed E-state index contributed by atoms with van der Waals surface area (Å²) < 4.78 is 1.71. The molecule has 0 aliphatic carbocycles. The Morgan fingerprint density at radius 2 is 1.89 bits per heavy atom. The predicted molar refractivity (Wildman–Crippen MR) is 74.8 cm³/mol. The van der Waals surface area contributed by atoms with E-state index in [4.69, 9.17) is 11.0 Å². The molecule has 1 heterocycles. The van der Waals surface area contributed by atoms with Gasteiger partial charge >= 0.3 is 0 Å². The fourth-order valence-electron chi connectivity index (χ4n) is 2.18. The normalized spacial score (nSPS) is 10.5. The highest BCUT2D eigenvalue weighted by atomic mass is 15.3. The largest absolute Gasteiger partial charge is 0.383 e. The first kappa shape index (κ1) is 11.3. The molecule has 0 amide bonds. The molecule has 2 aromatic carbocycles. The third kappa shape index (κ3) is 1.81. The van der Waals surface area contributed by atoms with Crippen molar-refractivity contribution in [3.8, 4) is 11.8 Å². The quantitative estimate of drug-likeness (QED) is 0.758. The van der Waals surface area contributed by atoms with E-state index in [1.807, 2.05) is 48.5 Å². The Morgan fingerprint density at radius 1 is 1.11 bits per heavy atom. The SMILES string of the molecule is N#CCc1cccc2c(N)n(-c3ccccc3)nc12. The molecule has 0 bridgehead atoms. The smallest absolute Gasteiger partial charge is 0.135 e. The number of rotatable bonds is 2. The van der Waals surface area contributed by atoms with E-state index in [9.17, 15) is 0 Å². The molecular weight excluding hydrogens is 236 g/mol. The van der Waals surface area contributed by atoms with Gasteiger partial charge in [-0.15, -0.1) is 0 Å². The summed E-state index contributed by atoms with van der Waals surface area (Å²) >= 11 is 0. The van der Waals surface area contributed by atoms with Gasteiger partial charge in [-0.3, -0.25) is 0 Å². The third-order valence-electron chi connectivity index (χ3n) is 3.09. The molecule has 0 saturated carbocycles. The van der Waals surface area contributed by atoms with Crippen LogP contribution in [-0.4, -0.2) is 9.78 Å². The van der Waals surface area contributed by atoms with Gasteiger partial charge in [0.2, 0.25) is 0 Å². The van der Waals surface area contributed by atoms with Crippen molar-refractivity contribution in [1.29, 1.82) is 5.26 Å². The zero-order chi connectivity index (χ0) is 13.2. The van der Waals surface area contributed by atoms with Crippen molar-refractivity contribution in [2.75, 3.05) is 5.73 Å². The maximum atomic E-state index is 8.86. The average molecular weight is 248 g/mol. The number of benzene rings is 2. The molecule has 0 aliphatic heterocycles. The summed E-state index contributed by atoms with van der Waals surface area (Å²) in [5.74, 6) is 0.598. The van der Waals surface area contributed by atoms with Crippen LogP contribution in [0, 0.1) is 11.3 Å². The molecule has 0 saturated heterocycles. The van der Waals surface area contributed by atoms with Crippen LogP contribution in [0.5, 0.6) is 0 Å². The molecule has 2 N–H and O–H groups in total. The van der Waals surface area contributed by atoms with Crippen LogP contribution < -0.4 is 5.73 Å². The van der Waals surface area contributed by atoms with Crippen molar-refractivity contribution < 1.29 is 0 Å². The lowest BCUT2D eigenvalue weighted by molar-refractivity contribution is 0.905. The van der Waals surface area contributed by atoms with Crippen molar-refractivity contribution in [3.05, 3.63) is 54.1 Å². The Bertz CT molecular complexity index is 766. The van der Waals surface area contributed by atoms with Crippen molar-refractivity contribution in [3.63, 3.8) is 0 Å². The lowest BCUT2D eigenvalue weighted by Crippen LogP contribution is -2.01. The van der Waals surface area contributed by atoms with Crippen molar-refractivity contribution in [2.45, 2.75) is 6.42 Å². The van der Waals surface area contributed by atoms with E-state index in [0.717, 1.165) is 22.2 Å². The van der Waals surface area contributed by atoms with Crippen LogP contribution in [0.3, 0.4) is 0 Å². The maximum absolute atomic E-state index is 8.86. The number of anilines is 1. The van der Waals surface area contributed by atoms with Crippen LogP contribution in [0.4, 0.5) is 5.82 Å². The summed E-state index contributed by atoms with van der Waals surface area (Å²) in [6.45, 7) is 0. The summed E-state index contributed by atoms with van der Waals surface area (Å²) in [6.07, 6.45) is 0.336. The molecule has 0 radical (unpaired) electrons. The van der Waals surface area contributed by atoms with E-state index in [1.54, 1.807) is 4.68 Å². The maximum Gasteiger partial charge on any atom is 0.135 e. The first-order chi connectivity index (χ1) is 9.31. The lowest BCUT2D eigenvalue weighted by Gasteiger charge is -2.02. The van der Waals surface area contributed by atoms with Crippen molar-refractivity contribution >= 4 is 16.7 Å². The van der Waals surface area contributed by atoms with E-state index in [-0.39, 0.29) is 0 Å². The Labute approximate surface area is 110 Å². The molecule has 92 valence electrons. The predicted octanol–water partition coefficient (Wildman–Crippen LogP) is 2.67. The Balaban J connectivity index is 2.26. The van der Waals surface area contributed by atoms with Gasteiger partial charge in [0.15, 0.2) is 0 Å². The molecule has 0 fully saturated rings. The number of nitriles is 1. The number of aromatic nitrogens is 2. The molecule has 4 nitrogen and oxygen atoms in total. The number of hydrogen-bond donors (Lipinski definition) is 1. The summed E-state index contributed by atoms with van der Waals surface area (Å²) in [5, 5.41) is 14.3. The Morgan fingerprint density at radius 3 is 2.63 bits per heavy atom. The molecule has 1 aromatic heterocycles. The Hall–Kier alpha value is -2.80. The fourth-order valence-corrected chi connectivity index (χ4v) is 2.18. The van der Waals surface area contributed by atoms with Gasteiger partial charge in [0.1, 0.15) is 5.82 Å². The second kappa shape index (κ2) is 4.46. The highest BCUT2D eigenvalue weighted by Gasteiger charge is 2.12. The molecule has 0 aliphatic rings. The summed E-state index contributed by atoms with van der Waals surface area (Å²) in [7, 11) is 0. The molecule has 3 rings (SSSR count). The van der Waals surface area contributed by atoms with E-state index < -0.39 is 0 Å². The van der Waals surface area contributed by atoms with Gasteiger partial charge in [0.05, 0.1) is 23.7 Å². The van der Waals surface area contributed by atoms with E-state index in [0.29, 0.717) is 12.2 Å². The number of nitrogens with zero attached hydrogens (tertiary/aromatic N) is 3. The molecule has 4 heteroatoms. The Kier molecular flexibility index (Phi) is 2.66. The number of nitrogens with two attached hydrogens (primary N) is 1. The van der Waals surface area contributed by atoms with E-state index >= 15 is 0 Å². The van der Waals surface area contributed by atoms with Gasteiger partial charge in [0.25, 0.3) is 0 Å². The molecule has 19 heavy (non-hydrogen) atoms. The molecule has 3 aromatic rings. The minimum Gasteiger partial charge on any atom is -0.383 e. The molecule has 0 unspecified atom stereocenters. The van der Waals surface area contributed by atoms with E-state index in [1.165, 1.54) is 0 Å². The number of fused-ring (bicyclic) bond motifs is 1. The van der Waals surface area contributed by atoms with Gasteiger partial charge < -0.3 is 5.73 Å². The second-order valence-electron chi connectivity index (χ2n) is 4.28. The minimum absolute atomic E-state index is 0.336.